The van der Waals surface area contributed by atoms with E-state index in [2.05, 4.69) is 15.6 Å². The number of fused-ring (bicyclic) bond motifs is 1. The molecule has 1 aliphatic heterocycles. The Balaban J connectivity index is 1.39. The smallest absolute Gasteiger partial charge is 0.261 e. The van der Waals surface area contributed by atoms with Gasteiger partial charge in [0.05, 0.1) is 17.5 Å². The summed E-state index contributed by atoms with van der Waals surface area (Å²) in [6.07, 6.45) is 8.05. The van der Waals surface area contributed by atoms with Gasteiger partial charge in [0.1, 0.15) is 0 Å². The molecule has 1 unspecified atom stereocenters. The molecule has 0 aromatic carbocycles. The summed E-state index contributed by atoms with van der Waals surface area (Å²) in [5, 5.41) is 6.15. The highest BCUT2D eigenvalue weighted by molar-refractivity contribution is 7.14. The van der Waals surface area contributed by atoms with E-state index < -0.39 is 0 Å². The molecule has 1 atom stereocenters. The van der Waals surface area contributed by atoms with Crippen LogP contribution in [0.15, 0.2) is 30.6 Å². The maximum absolute atomic E-state index is 12.8. The van der Waals surface area contributed by atoms with Crippen LogP contribution < -0.4 is 10.6 Å². The van der Waals surface area contributed by atoms with Crippen LogP contribution in [0.2, 0.25) is 0 Å². The minimum absolute atomic E-state index is 0.0260. The maximum atomic E-state index is 12.8. The summed E-state index contributed by atoms with van der Waals surface area (Å²) in [7, 11) is 0. The van der Waals surface area contributed by atoms with E-state index in [1.165, 1.54) is 23.3 Å². The zero-order valence-electron chi connectivity index (χ0n) is 15.2. The summed E-state index contributed by atoms with van der Waals surface area (Å²) >= 11 is 1.57. The average molecular weight is 385 g/mol. The fraction of sp³-hybridized carbons (Fsp3) is 0.450. The molecule has 7 heteroatoms. The summed E-state index contributed by atoms with van der Waals surface area (Å²) in [6, 6.07) is 5.82. The van der Waals surface area contributed by atoms with E-state index in [0.717, 1.165) is 29.8 Å². The summed E-state index contributed by atoms with van der Waals surface area (Å²) in [4.78, 5) is 33.3. The molecule has 0 saturated carbocycles. The third-order valence-electron chi connectivity index (χ3n) is 5.25. The number of thiophene rings is 1. The maximum Gasteiger partial charge on any atom is 0.261 e. The number of hydrogen-bond donors (Lipinski definition) is 2. The quantitative estimate of drug-likeness (QED) is 0.845. The Morgan fingerprint density at radius 1 is 1.33 bits per heavy atom. The predicted molar refractivity (Wildman–Crippen MR) is 105 cm³/mol. The molecule has 2 N–H and O–H groups in total. The van der Waals surface area contributed by atoms with E-state index in [1.807, 2.05) is 23.1 Å². The number of rotatable bonds is 4. The first-order chi connectivity index (χ1) is 13.2. The Hall–Kier alpha value is -2.25. The van der Waals surface area contributed by atoms with Crippen molar-refractivity contribution in [3.63, 3.8) is 0 Å². The van der Waals surface area contributed by atoms with E-state index >= 15 is 0 Å². The predicted octanol–water partition coefficient (Wildman–Crippen LogP) is 1.92. The van der Waals surface area contributed by atoms with Crippen molar-refractivity contribution in [3.8, 4) is 0 Å². The molecule has 27 heavy (non-hydrogen) atoms. The third kappa shape index (κ3) is 4.04. The molecule has 6 nitrogen and oxygen atoms in total. The van der Waals surface area contributed by atoms with Crippen molar-refractivity contribution in [1.82, 2.24) is 20.5 Å². The fourth-order valence-electron chi connectivity index (χ4n) is 3.82. The number of carbonyl (C=O) groups is 2. The fourth-order valence-corrected chi connectivity index (χ4v) is 4.99. The Labute approximate surface area is 163 Å². The van der Waals surface area contributed by atoms with Gasteiger partial charge >= 0.3 is 0 Å². The van der Waals surface area contributed by atoms with Gasteiger partial charge in [0, 0.05) is 36.9 Å². The first kappa shape index (κ1) is 18.1. The second kappa shape index (κ2) is 8.19. The monoisotopic (exact) mass is 384 g/mol. The van der Waals surface area contributed by atoms with Gasteiger partial charge in [-0.2, -0.15) is 0 Å². The molecule has 0 radical (unpaired) electrons. The zero-order valence-corrected chi connectivity index (χ0v) is 16.1. The highest BCUT2D eigenvalue weighted by Gasteiger charge is 2.28. The largest absolute Gasteiger partial charge is 0.342 e. The van der Waals surface area contributed by atoms with Gasteiger partial charge < -0.3 is 15.5 Å². The van der Waals surface area contributed by atoms with Crippen LogP contribution in [0.25, 0.3) is 0 Å². The molecule has 2 aliphatic rings. The van der Waals surface area contributed by atoms with Gasteiger partial charge in [0.2, 0.25) is 5.91 Å². The molecule has 1 saturated heterocycles. The SMILES string of the molecule is O=C(NCC(=O)N1CCNCC1c1cccnc1)c1cc2c(s1)CCCC2. The molecule has 4 rings (SSSR count). The van der Waals surface area contributed by atoms with Crippen LogP contribution in [0.1, 0.15) is 44.6 Å². The number of nitrogens with zero attached hydrogens (tertiary/aromatic N) is 2. The number of piperazine rings is 1. The van der Waals surface area contributed by atoms with Gasteiger partial charge in [-0.3, -0.25) is 14.6 Å². The summed E-state index contributed by atoms with van der Waals surface area (Å²) < 4.78 is 0. The van der Waals surface area contributed by atoms with E-state index in [4.69, 9.17) is 0 Å². The lowest BCUT2D eigenvalue weighted by Gasteiger charge is -2.36. The van der Waals surface area contributed by atoms with Crippen molar-refractivity contribution in [2.24, 2.45) is 0 Å². The van der Waals surface area contributed by atoms with Crippen LogP contribution >= 0.6 is 11.3 Å². The van der Waals surface area contributed by atoms with E-state index in [-0.39, 0.29) is 24.4 Å². The highest BCUT2D eigenvalue weighted by atomic mass is 32.1. The van der Waals surface area contributed by atoms with Crippen molar-refractivity contribution < 1.29 is 9.59 Å². The zero-order chi connectivity index (χ0) is 18.6. The number of nitrogens with one attached hydrogen (secondary N) is 2. The molecule has 1 aliphatic carbocycles. The van der Waals surface area contributed by atoms with Gasteiger partial charge in [-0.1, -0.05) is 6.07 Å². The molecular weight excluding hydrogens is 360 g/mol. The highest BCUT2D eigenvalue weighted by Crippen LogP contribution is 2.29. The molecule has 142 valence electrons. The number of pyridine rings is 1. The van der Waals surface area contributed by atoms with Gasteiger partial charge in [-0.15, -0.1) is 11.3 Å². The lowest BCUT2D eigenvalue weighted by Crippen LogP contribution is -2.51. The molecule has 2 aromatic heterocycles. The summed E-state index contributed by atoms with van der Waals surface area (Å²) in [5.74, 6) is -0.198. The van der Waals surface area contributed by atoms with Crippen molar-refractivity contribution in [3.05, 3.63) is 51.5 Å². The lowest BCUT2D eigenvalue weighted by molar-refractivity contribution is -0.133. The van der Waals surface area contributed by atoms with Crippen LogP contribution in [-0.4, -0.2) is 47.9 Å². The summed E-state index contributed by atoms with van der Waals surface area (Å²) in [6.45, 7) is 2.11. The van der Waals surface area contributed by atoms with Crippen molar-refractivity contribution in [2.75, 3.05) is 26.2 Å². The van der Waals surface area contributed by atoms with Crippen LogP contribution in [-0.2, 0) is 17.6 Å². The van der Waals surface area contributed by atoms with E-state index in [9.17, 15) is 9.59 Å². The van der Waals surface area contributed by atoms with Crippen molar-refractivity contribution >= 4 is 23.2 Å². The molecule has 0 bridgehead atoms. The van der Waals surface area contributed by atoms with Gasteiger partial charge in [0.15, 0.2) is 0 Å². The first-order valence-corrected chi connectivity index (χ1v) is 10.3. The Morgan fingerprint density at radius 3 is 3.04 bits per heavy atom. The molecule has 3 heterocycles. The Bertz CT molecular complexity index is 797. The van der Waals surface area contributed by atoms with Crippen molar-refractivity contribution in [1.29, 1.82) is 0 Å². The van der Waals surface area contributed by atoms with Gasteiger partial charge in [0.25, 0.3) is 5.91 Å². The Morgan fingerprint density at radius 2 is 2.22 bits per heavy atom. The van der Waals surface area contributed by atoms with Gasteiger partial charge in [-0.25, -0.2) is 0 Å². The van der Waals surface area contributed by atoms with Crippen LogP contribution in [0.5, 0.6) is 0 Å². The number of aryl methyl sites for hydroxylation is 2. The third-order valence-corrected chi connectivity index (χ3v) is 6.49. The first-order valence-electron chi connectivity index (χ1n) is 9.52. The number of amides is 2. The van der Waals surface area contributed by atoms with Crippen LogP contribution in [0.4, 0.5) is 0 Å². The van der Waals surface area contributed by atoms with E-state index in [1.54, 1.807) is 23.7 Å². The lowest BCUT2D eigenvalue weighted by atomic mass is 9.99. The number of aromatic nitrogens is 1. The van der Waals surface area contributed by atoms with Crippen LogP contribution in [0, 0.1) is 0 Å². The standard InChI is InChI=1S/C20H24N4O2S/c25-19(24-9-8-22-12-16(24)15-5-3-7-21-11-15)13-23-20(26)18-10-14-4-1-2-6-17(14)27-18/h3,5,7,10-11,16,22H,1-2,4,6,8-9,12-13H2,(H,23,26). The van der Waals surface area contributed by atoms with E-state index in [0.29, 0.717) is 13.1 Å². The number of carbonyl (C=O) groups excluding carboxylic acids is 2. The van der Waals surface area contributed by atoms with Crippen LogP contribution in [0.3, 0.4) is 0 Å². The van der Waals surface area contributed by atoms with Crippen molar-refractivity contribution in [2.45, 2.75) is 31.7 Å². The second-order valence-electron chi connectivity index (χ2n) is 7.04. The molecular formula is C20H24N4O2S. The minimum Gasteiger partial charge on any atom is -0.342 e. The van der Waals surface area contributed by atoms with Gasteiger partial charge in [-0.05, 0) is 48.9 Å². The molecule has 0 spiro atoms. The number of hydrogen-bond acceptors (Lipinski definition) is 5. The average Bonchev–Trinajstić information content (AvgIpc) is 3.17. The Kier molecular flexibility index (Phi) is 5.50. The topological polar surface area (TPSA) is 74.3 Å². The summed E-state index contributed by atoms with van der Waals surface area (Å²) in [5.41, 5.74) is 2.32. The molecule has 2 aromatic rings. The normalized spacial score (nSPS) is 19.4. The molecule has 2 amide bonds. The minimum atomic E-state index is -0.143. The molecule has 1 fully saturated rings. The second-order valence-corrected chi connectivity index (χ2v) is 8.18.